The summed E-state index contributed by atoms with van der Waals surface area (Å²) >= 11 is 0. The topological polar surface area (TPSA) is 467 Å². The van der Waals surface area contributed by atoms with Crippen LogP contribution in [0.3, 0.4) is 0 Å². The van der Waals surface area contributed by atoms with Crippen LogP contribution in [0, 0.1) is 46.5 Å². The summed E-state index contributed by atoms with van der Waals surface area (Å²) in [6.07, 6.45) is 12.5. The lowest BCUT2D eigenvalue weighted by molar-refractivity contribution is 0.0683. The molecule has 2 saturated carbocycles. The second-order valence-electron chi connectivity index (χ2n) is 39.9. The minimum atomic E-state index is -1.56. The number of piperidine rings is 1. The van der Waals surface area contributed by atoms with Gasteiger partial charge in [-0.05, 0) is 156 Å². The van der Waals surface area contributed by atoms with Gasteiger partial charge in [0.2, 0.25) is 32.6 Å². The molecule has 14 heterocycles. The van der Waals surface area contributed by atoms with E-state index in [9.17, 15) is 115 Å². The number of carboxylic acids is 6. The second-order valence-corrected chi connectivity index (χ2v) is 39.9. The molecule has 2 unspecified atom stereocenters. The summed E-state index contributed by atoms with van der Waals surface area (Å²) in [7, 11) is 4.04. The number of nitrogens with two attached hydrogens (primary N) is 1. The van der Waals surface area contributed by atoms with Crippen LogP contribution in [0.1, 0.15) is 191 Å². The minimum Gasteiger partial charge on any atom is -0.489 e. The van der Waals surface area contributed by atoms with Crippen LogP contribution < -0.4 is 82.9 Å². The number of pyridine rings is 6. The molecule has 150 heavy (non-hydrogen) atoms. The molecule has 37 nitrogen and oxygen atoms in total. The van der Waals surface area contributed by atoms with E-state index in [1.54, 1.807) is 35.0 Å². The molecule has 8 aliphatic heterocycles. The Balaban J connectivity index is 0.000000123. The molecule has 5 saturated heterocycles. The van der Waals surface area contributed by atoms with Crippen LogP contribution in [0.5, 0.6) is 11.5 Å². The molecular weight excluding hydrogens is 1970 g/mol. The number of carboxylic acid groups (broad SMARTS) is 6. The fourth-order valence-corrected chi connectivity index (χ4v) is 21.3. The number of aromatic carboxylic acids is 6. The second kappa shape index (κ2) is 42.3. The molecule has 12 aromatic rings. The van der Waals surface area contributed by atoms with Gasteiger partial charge in [-0.25, -0.2) is 63.9 Å². The van der Waals surface area contributed by atoms with Gasteiger partial charge in [0, 0.05) is 206 Å². The van der Waals surface area contributed by atoms with Crippen LogP contribution in [0.4, 0.5) is 63.6 Å². The maximum absolute atomic E-state index is 15.5. The minimum absolute atomic E-state index is 0.0111. The monoisotopic (exact) mass is 2090 g/mol. The highest BCUT2D eigenvalue weighted by Crippen LogP contribution is 2.52. The molecule has 0 radical (unpaired) electrons. The number of rotatable bonds is 15. The third kappa shape index (κ3) is 20.1. The zero-order valence-electron chi connectivity index (χ0n) is 83.6. The van der Waals surface area contributed by atoms with Crippen LogP contribution in [0.25, 0.3) is 65.4 Å². The largest absolute Gasteiger partial charge is 0.489 e. The molecule has 11 N–H and O–H groups in total. The summed E-state index contributed by atoms with van der Waals surface area (Å²) in [6.45, 7) is 25.2. The van der Waals surface area contributed by atoms with Gasteiger partial charge in [-0.15, -0.1) is 0 Å². The quantitative estimate of drug-likeness (QED) is 0.0337. The SMILES string of the molecule is CC1CCc2c(N3CCC(O)CC3)c(F)cc3c(=O)c(C(=O)O)cn1c23.CC1COc2c(N3CCN(C)CC3)c(F)cc3c(=O)c(C(=O)O)cn1c23.CCn1cc(C(=O)O)c(=O)c2cc(F)c(N3CCN(C)CC3)cc21.CCn1cc(C(=O)O)c(=O)c2cc(F)c(N3CCNCC3)cc21.C[C@@H]1CN(c2c(F)c(F)c3c(=O)c(C(=O)O)cn(C4CC4)c3c2F)C[C@H](C)N1.C[C@@H]1COc2c(C3(N)CC3)c(F)cc3c(=O)c(C(=O)O)cn1c23. The van der Waals surface area contributed by atoms with E-state index < -0.39 is 137 Å². The van der Waals surface area contributed by atoms with Crippen molar-refractivity contribution in [2.75, 3.05) is 157 Å². The lowest BCUT2D eigenvalue weighted by atomic mass is 9.93. The average Bonchev–Trinajstić information content (AvgIpc) is 1.33. The molecular formula is C105H114F8N16O21. The number of nitrogens with one attached hydrogen (secondary N) is 2. The van der Waals surface area contributed by atoms with Gasteiger partial charge in [0.25, 0.3) is 0 Å². The first-order valence-electron chi connectivity index (χ1n) is 49.7. The summed E-state index contributed by atoms with van der Waals surface area (Å²) in [6, 6.07) is 8.39. The normalized spacial score (nSPS) is 19.4. The van der Waals surface area contributed by atoms with Crippen LogP contribution in [0.2, 0.25) is 0 Å². The van der Waals surface area contributed by atoms with E-state index in [0.717, 1.165) is 75.6 Å². The Morgan fingerprint density at radius 1 is 0.400 bits per heavy atom. The lowest BCUT2D eigenvalue weighted by Crippen LogP contribution is -2.54. The van der Waals surface area contributed by atoms with E-state index in [2.05, 4.69) is 20.4 Å². The molecule has 45 heteroatoms. The van der Waals surface area contributed by atoms with Gasteiger partial charge in [-0.1, -0.05) is 0 Å². The Labute approximate surface area is 849 Å². The van der Waals surface area contributed by atoms with Gasteiger partial charge in [-0.3, -0.25) is 28.8 Å². The Morgan fingerprint density at radius 2 is 0.787 bits per heavy atom. The van der Waals surface area contributed by atoms with Crippen molar-refractivity contribution in [3.8, 4) is 11.5 Å². The van der Waals surface area contributed by atoms with Gasteiger partial charge in [0.1, 0.15) is 81.2 Å². The number of aliphatic hydroxyl groups is 1. The molecule has 22 rings (SSSR count). The highest BCUT2D eigenvalue weighted by atomic mass is 19.2. The van der Waals surface area contributed by atoms with Crippen molar-refractivity contribution < 1.29 is 109 Å². The Hall–Kier alpha value is -14.8. The summed E-state index contributed by atoms with van der Waals surface area (Å²) in [4.78, 5) is 156. The van der Waals surface area contributed by atoms with Gasteiger partial charge in [0.15, 0.2) is 34.8 Å². The van der Waals surface area contributed by atoms with Crippen molar-refractivity contribution in [3.63, 3.8) is 0 Å². The maximum Gasteiger partial charge on any atom is 0.341 e. The van der Waals surface area contributed by atoms with E-state index in [1.807, 2.05) is 82.2 Å². The van der Waals surface area contributed by atoms with E-state index >= 15 is 8.78 Å². The number of hydrogen-bond donors (Lipinski definition) is 10. The molecule has 5 atom stereocenters. The first kappa shape index (κ1) is 107. The van der Waals surface area contributed by atoms with E-state index in [0.29, 0.717) is 166 Å². The van der Waals surface area contributed by atoms with Crippen LogP contribution >= 0.6 is 0 Å². The van der Waals surface area contributed by atoms with E-state index in [4.69, 9.17) is 20.3 Å². The number of aromatic nitrogens is 6. The smallest absolute Gasteiger partial charge is 0.341 e. The zero-order chi connectivity index (χ0) is 108. The van der Waals surface area contributed by atoms with E-state index in [1.165, 1.54) is 52.6 Å². The number of halogens is 8. The maximum atomic E-state index is 15.5. The number of carbonyl (C=O) groups is 6. The molecule has 0 bridgehead atoms. The first-order chi connectivity index (χ1) is 71.2. The number of hydrogen-bond acceptors (Lipinski definition) is 25. The highest BCUT2D eigenvalue weighted by Gasteiger charge is 2.47. The number of aliphatic hydroxyl groups excluding tert-OH is 1. The van der Waals surface area contributed by atoms with Crippen molar-refractivity contribution in [2.45, 2.75) is 161 Å². The molecule has 7 fully saturated rings. The Kier molecular flexibility index (Phi) is 30.0. The summed E-state index contributed by atoms with van der Waals surface area (Å²) in [5.41, 5.74) is 2.97. The molecule has 6 aromatic heterocycles. The third-order valence-electron chi connectivity index (χ3n) is 29.6. The fourth-order valence-electron chi connectivity index (χ4n) is 21.3. The van der Waals surface area contributed by atoms with Crippen molar-refractivity contribution in [1.82, 2.24) is 47.8 Å². The number of aryl methyl sites for hydroxylation is 3. The number of anilines is 5. The standard InChI is InChI=1S/C19H20F3N3O3.C19H21FN2O4.C18H20FN3O4.C17H20FN3O3.C16H18FN3O3.C16H15FN2O4/c1-8-5-24(6-9(2)23-8)17-14(21)13(20)12-16(15(17)22)25(10-3-4-10)7-11(18(12)26)19(27)28;1-10-2-3-12-16-13(18(24)14(19(25)26)9-22(10)16)8-15(20)17(12)21-6-4-11(23)5-7-21;1-10-9-26-17-14-11(16(23)12(18(24)25)8-22(10)14)7-13(19)15(17)21-5-3-20(2)4-6-21;1-3-20-10-12(17(23)24)16(22)11-8-13(18)15(9-14(11)20)21-6-4-19(2)5-7-21;1-2-19-9-11(16(22)23)15(21)10-7-12(17)14(8-13(10)19)20-5-3-18-4-6-20;1-7-6-23-14-11(16(18)2-3-16)10(17)4-8-12(14)19(7)5-9(13(8)20)15(21)22/h7-10,23H,3-6H2,1-2H3,(H,27,28);8-11,23H,2-7H2,1H3,(H,25,26);7-8,10H,3-6,9H2,1-2H3,(H,24,25);8-10H,3-7H2,1-2H3,(H,23,24);7-9,18H,2-6H2,1H3,(H,22,23);4-5,7H,2-3,6,18H2,1H3,(H,21,22)/t8-,9+;;;;;7-/m.....1/s1. The summed E-state index contributed by atoms with van der Waals surface area (Å²) < 4.78 is 141. The molecule has 2 aliphatic carbocycles. The number of benzene rings is 6. The van der Waals surface area contributed by atoms with Crippen molar-refractivity contribution in [1.29, 1.82) is 0 Å². The van der Waals surface area contributed by atoms with E-state index in [-0.39, 0.29) is 140 Å². The number of ether oxygens (including phenoxy) is 2. The summed E-state index contributed by atoms with van der Waals surface area (Å²) in [5.74, 6) is -14.2. The van der Waals surface area contributed by atoms with Crippen LogP contribution in [0.15, 0.2) is 108 Å². The lowest BCUT2D eigenvalue weighted by Gasteiger charge is -2.38. The summed E-state index contributed by atoms with van der Waals surface area (Å²) in [5, 5.41) is 71.2. The predicted octanol–water partition coefficient (Wildman–Crippen LogP) is 11.1. The van der Waals surface area contributed by atoms with Crippen LogP contribution in [-0.4, -0.2) is 259 Å². The van der Waals surface area contributed by atoms with Gasteiger partial charge >= 0.3 is 35.8 Å². The average molecular weight is 2090 g/mol. The first-order valence-corrected chi connectivity index (χ1v) is 49.7. The van der Waals surface area contributed by atoms with Crippen molar-refractivity contribution in [2.24, 2.45) is 5.73 Å². The van der Waals surface area contributed by atoms with Crippen LogP contribution in [-0.2, 0) is 25.0 Å². The highest BCUT2D eigenvalue weighted by molar-refractivity contribution is 6.01. The zero-order valence-corrected chi connectivity index (χ0v) is 83.6. The number of likely N-dealkylation sites (N-methyl/N-ethyl adjacent to an activating group) is 2. The molecule has 796 valence electrons. The van der Waals surface area contributed by atoms with Gasteiger partial charge < -0.3 is 123 Å². The van der Waals surface area contributed by atoms with Gasteiger partial charge in [-0.2, -0.15) is 0 Å². The molecule has 0 amide bonds. The Bertz CT molecular complexity index is 7790. The molecule has 10 aliphatic rings. The Morgan fingerprint density at radius 3 is 1.24 bits per heavy atom. The van der Waals surface area contributed by atoms with Crippen molar-refractivity contribution in [3.05, 3.63) is 232 Å². The number of piperazine rings is 4. The number of nitrogens with zero attached hydrogens (tertiary/aromatic N) is 13. The van der Waals surface area contributed by atoms with Crippen molar-refractivity contribution >= 4 is 130 Å². The number of fused-ring (bicyclic) bond motifs is 3. The van der Waals surface area contributed by atoms with Gasteiger partial charge in [0.05, 0.1) is 90.1 Å². The third-order valence-corrected chi connectivity index (χ3v) is 29.6. The fraction of sp³-hybridized carbons (Fsp3) is 0.429. The molecule has 0 spiro atoms. The predicted molar refractivity (Wildman–Crippen MR) is 545 cm³/mol. The molecule has 6 aromatic carbocycles.